The van der Waals surface area contributed by atoms with Crippen LogP contribution in [-0.4, -0.2) is 39.1 Å². The van der Waals surface area contributed by atoms with Crippen LogP contribution >= 0.6 is 30.4 Å². The molecule has 1 aromatic carbocycles. The van der Waals surface area contributed by atoms with Crippen LogP contribution in [0, 0.1) is 0 Å². The van der Waals surface area contributed by atoms with Gasteiger partial charge in [-0.2, -0.15) is 0 Å². The molecule has 0 saturated heterocycles. The highest BCUT2D eigenvalue weighted by Gasteiger charge is 2.46. The summed E-state index contributed by atoms with van der Waals surface area (Å²) in [5.41, 5.74) is -1.12. The lowest BCUT2D eigenvalue weighted by molar-refractivity contribution is 0.335. The van der Waals surface area contributed by atoms with E-state index >= 15 is 0 Å². The van der Waals surface area contributed by atoms with Crippen LogP contribution < -0.4 is 0 Å². The van der Waals surface area contributed by atoms with Crippen molar-refractivity contribution in [2.24, 2.45) is 0 Å². The molecule has 0 aliphatic heterocycles. The smallest absolute Gasteiger partial charge is 0.324 e. The van der Waals surface area contributed by atoms with Crippen molar-refractivity contribution in [1.82, 2.24) is 0 Å². The van der Waals surface area contributed by atoms with E-state index in [9.17, 15) is 18.3 Å². The zero-order valence-electron chi connectivity index (χ0n) is 11.5. The van der Waals surface area contributed by atoms with E-state index in [1.807, 2.05) is 0 Å². The molecule has 0 heterocycles. The van der Waals surface area contributed by atoms with Crippen molar-refractivity contribution in [2.45, 2.75) is 10.8 Å². The SMILES string of the molecule is O=P(O)(O)C(c1ccc(C(P(=O)(O)O)P(=O)(O)O)cc1)P(=O)(O)O. The summed E-state index contributed by atoms with van der Waals surface area (Å²) in [6, 6.07) is 2.87. The van der Waals surface area contributed by atoms with Gasteiger partial charge in [0.15, 0.2) is 10.8 Å². The molecule has 0 fully saturated rings. The minimum absolute atomic E-state index is 0.560. The molecule has 0 radical (unpaired) electrons. The monoisotopic (exact) mass is 426 g/mol. The number of benzene rings is 1. The minimum Gasteiger partial charge on any atom is -0.324 e. The van der Waals surface area contributed by atoms with Crippen molar-refractivity contribution in [3.05, 3.63) is 35.4 Å². The van der Waals surface area contributed by atoms with E-state index in [4.69, 9.17) is 39.1 Å². The van der Waals surface area contributed by atoms with E-state index in [2.05, 4.69) is 0 Å². The summed E-state index contributed by atoms with van der Waals surface area (Å²) in [6.07, 6.45) is 0. The Morgan fingerprint density at radius 3 is 0.792 bits per heavy atom. The quantitative estimate of drug-likeness (QED) is 0.289. The lowest BCUT2D eigenvalue weighted by atomic mass is 10.2. The highest BCUT2D eigenvalue weighted by molar-refractivity contribution is 7.70. The van der Waals surface area contributed by atoms with E-state index in [0.717, 1.165) is 24.3 Å². The summed E-state index contributed by atoms with van der Waals surface area (Å²) < 4.78 is 45.1. The van der Waals surface area contributed by atoms with Gasteiger partial charge >= 0.3 is 30.4 Å². The number of rotatable bonds is 6. The average Bonchev–Trinajstić information content (AvgIpc) is 2.23. The number of hydrogen-bond acceptors (Lipinski definition) is 4. The third kappa shape index (κ3) is 5.41. The van der Waals surface area contributed by atoms with Crippen LogP contribution in [0.1, 0.15) is 21.9 Å². The van der Waals surface area contributed by atoms with E-state index < -0.39 is 52.3 Å². The zero-order valence-corrected chi connectivity index (χ0v) is 15.0. The van der Waals surface area contributed by atoms with E-state index in [1.54, 1.807) is 0 Å². The second kappa shape index (κ2) is 6.85. The molecule has 0 aliphatic rings. The Hall–Kier alpha value is -0.180. The first kappa shape index (κ1) is 21.9. The molecule has 0 atom stereocenters. The fraction of sp³-hybridized carbons (Fsp3) is 0.250. The topological polar surface area (TPSA) is 230 Å². The first-order valence-electron chi connectivity index (χ1n) is 5.76. The summed E-state index contributed by atoms with van der Waals surface area (Å²) in [5, 5.41) is -5.02. The third-order valence-electron chi connectivity index (χ3n) is 2.81. The van der Waals surface area contributed by atoms with E-state index in [0.29, 0.717) is 0 Å². The lowest BCUT2D eigenvalue weighted by Crippen LogP contribution is -2.04. The summed E-state index contributed by atoms with van der Waals surface area (Å²) in [7, 11) is -21.2. The highest BCUT2D eigenvalue weighted by atomic mass is 31.2. The predicted octanol–water partition coefficient (Wildman–Crippen LogP) is 0.395. The van der Waals surface area contributed by atoms with Crippen molar-refractivity contribution in [2.75, 3.05) is 0 Å². The molecule has 0 bridgehead atoms. The molecular weight excluding hydrogens is 412 g/mol. The maximum Gasteiger partial charge on any atom is 0.345 e. The van der Waals surface area contributed by atoms with E-state index in [-0.39, 0.29) is 0 Å². The molecule has 138 valence electrons. The fourth-order valence-electron chi connectivity index (χ4n) is 2.01. The summed E-state index contributed by atoms with van der Waals surface area (Å²) in [4.78, 5) is 72.6. The van der Waals surface area contributed by atoms with Gasteiger partial charge in [-0.25, -0.2) is 0 Å². The maximum atomic E-state index is 11.3. The fourth-order valence-corrected chi connectivity index (χ4v) is 7.39. The molecule has 24 heavy (non-hydrogen) atoms. The largest absolute Gasteiger partial charge is 0.345 e. The second-order valence-electron chi connectivity index (χ2n) is 4.77. The molecular formula is C8H14O12P4. The molecule has 0 unspecified atom stereocenters. The van der Waals surface area contributed by atoms with Crippen molar-refractivity contribution in [3.63, 3.8) is 0 Å². The average molecular weight is 426 g/mol. The molecule has 0 spiro atoms. The lowest BCUT2D eigenvalue weighted by Gasteiger charge is -2.22. The van der Waals surface area contributed by atoms with Gasteiger partial charge in [-0.1, -0.05) is 24.3 Å². The molecule has 8 N–H and O–H groups in total. The normalized spacial score (nSPS) is 14.4. The van der Waals surface area contributed by atoms with E-state index in [1.165, 1.54) is 0 Å². The van der Waals surface area contributed by atoms with Gasteiger partial charge in [-0.3, -0.25) is 18.3 Å². The van der Waals surface area contributed by atoms with Crippen LogP contribution in [0.5, 0.6) is 0 Å². The number of hydrogen-bond donors (Lipinski definition) is 8. The Morgan fingerprint density at radius 2 is 0.667 bits per heavy atom. The molecule has 0 aliphatic carbocycles. The Kier molecular flexibility index (Phi) is 6.24. The highest BCUT2D eigenvalue weighted by Crippen LogP contribution is 2.71. The first-order chi connectivity index (χ1) is 10.5. The van der Waals surface area contributed by atoms with Crippen LogP contribution in [-0.2, 0) is 18.3 Å². The van der Waals surface area contributed by atoms with Crippen LogP contribution in [0.3, 0.4) is 0 Å². The van der Waals surface area contributed by atoms with Gasteiger partial charge < -0.3 is 39.1 Å². The molecule has 0 amide bonds. The molecule has 0 aromatic heterocycles. The molecule has 1 aromatic rings. The predicted molar refractivity (Wildman–Crippen MR) is 80.1 cm³/mol. The standard InChI is InChI=1S/C8H14O12P4/c9-21(10,11)7(22(12,13)14)5-1-2-6(4-3-5)8(23(15,16)17)24(18,19)20/h1-4,7-8H,(H2,9,10,11)(H2,12,13,14)(H2,15,16,17)(H2,18,19,20). The Bertz CT molecular complexity index is 667. The van der Waals surface area contributed by atoms with Gasteiger partial charge in [-0.05, 0) is 11.1 Å². The Labute approximate surface area is 134 Å². The van der Waals surface area contributed by atoms with Gasteiger partial charge in [0, 0.05) is 0 Å². The molecule has 0 saturated carbocycles. The van der Waals surface area contributed by atoms with Crippen LogP contribution in [0.4, 0.5) is 0 Å². The van der Waals surface area contributed by atoms with Gasteiger partial charge in [0.05, 0.1) is 0 Å². The Morgan fingerprint density at radius 1 is 0.500 bits per heavy atom. The van der Waals surface area contributed by atoms with Crippen molar-refractivity contribution in [3.8, 4) is 0 Å². The summed E-state index contributed by atoms with van der Waals surface area (Å²) in [5.74, 6) is 0. The molecule has 12 nitrogen and oxygen atoms in total. The van der Waals surface area contributed by atoms with Gasteiger partial charge in [0.25, 0.3) is 0 Å². The second-order valence-corrected chi connectivity index (χ2v) is 12.4. The molecule has 1 rings (SSSR count). The van der Waals surface area contributed by atoms with Gasteiger partial charge in [-0.15, -0.1) is 0 Å². The summed E-state index contributed by atoms with van der Waals surface area (Å²) >= 11 is 0. The van der Waals surface area contributed by atoms with Gasteiger partial charge in [0.2, 0.25) is 0 Å². The molecule has 16 heteroatoms. The Balaban J connectivity index is 3.44. The van der Waals surface area contributed by atoms with Crippen LogP contribution in [0.25, 0.3) is 0 Å². The van der Waals surface area contributed by atoms with Crippen molar-refractivity contribution < 1.29 is 57.4 Å². The first-order valence-corrected chi connectivity index (χ1v) is 12.5. The third-order valence-corrected chi connectivity index (χ3v) is 10.2. The van der Waals surface area contributed by atoms with Crippen molar-refractivity contribution >= 4 is 30.4 Å². The zero-order chi connectivity index (χ0) is 19.1. The maximum absolute atomic E-state index is 11.3. The van der Waals surface area contributed by atoms with Crippen LogP contribution in [0.15, 0.2) is 24.3 Å². The van der Waals surface area contributed by atoms with Crippen molar-refractivity contribution in [1.29, 1.82) is 0 Å². The minimum atomic E-state index is -5.29. The van der Waals surface area contributed by atoms with Crippen LogP contribution in [0.2, 0.25) is 0 Å². The van der Waals surface area contributed by atoms with Gasteiger partial charge in [0.1, 0.15) is 0 Å². The summed E-state index contributed by atoms with van der Waals surface area (Å²) in [6.45, 7) is 0.